The van der Waals surface area contributed by atoms with Crippen molar-refractivity contribution in [3.05, 3.63) is 42.1 Å². The fraction of sp³-hybridized carbons (Fsp3) is 0.333. The van der Waals surface area contributed by atoms with Crippen molar-refractivity contribution in [1.29, 1.82) is 0 Å². The van der Waals surface area contributed by atoms with Crippen molar-refractivity contribution in [2.24, 2.45) is 0 Å². The number of ether oxygens (including phenoxy) is 1. The molecule has 1 N–H and O–H groups in total. The number of halogens is 1. The molecule has 3 rings (SSSR count). The van der Waals surface area contributed by atoms with Gasteiger partial charge in [-0.15, -0.1) is 0 Å². The van der Waals surface area contributed by atoms with Gasteiger partial charge in [-0.3, -0.25) is 4.79 Å². The van der Waals surface area contributed by atoms with Gasteiger partial charge in [-0.25, -0.2) is 9.37 Å². The third kappa shape index (κ3) is 2.95. The van der Waals surface area contributed by atoms with Crippen LogP contribution in [-0.2, 0) is 22.7 Å². The van der Waals surface area contributed by atoms with Crippen molar-refractivity contribution in [3.8, 4) is 11.3 Å². The van der Waals surface area contributed by atoms with Gasteiger partial charge in [-0.2, -0.15) is 0 Å². The smallest absolute Gasteiger partial charge is 0.216 e. The molecule has 0 saturated heterocycles. The molecule has 1 aliphatic rings. The standard InChI is InChI=1S/C15H16FN3O2/c1-10(20)17-6-13-8-19-14(7-18-15(19)9-21-13)11-2-4-12(16)5-3-11/h2-5,7,13H,6,8-9H2,1H3,(H,17,20)/t13-/m0/s1. The molecule has 0 radical (unpaired) electrons. The molecule has 6 heteroatoms. The zero-order valence-electron chi connectivity index (χ0n) is 11.7. The van der Waals surface area contributed by atoms with Crippen LogP contribution in [0.4, 0.5) is 4.39 Å². The number of fused-ring (bicyclic) bond motifs is 1. The van der Waals surface area contributed by atoms with Gasteiger partial charge in [0.15, 0.2) is 0 Å². The van der Waals surface area contributed by atoms with Crippen LogP contribution >= 0.6 is 0 Å². The van der Waals surface area contributed by atoms with Gasteiger partial charge in [0.25, 0.3) is 0 Å². The number of aromatic nitrogens is 2. The van der Waals surface area contributed by atoms with Crippen LogP contribution in [0.25, 0.3) is 11.3 Å². The van der Waals surface area contributed by atoms with Crippen molar-refractivity contribution in [2.75, 3.05) is 6.54 Å². The molecular formula is C15H16FN3O2. The number of nitrogens with one attached hydrogen (secondary N) is 1. The number of hydrogen-bond donors (Lipinski definition) is 1. The second kappa shape index (κ2) is 5.65. The first-order valence-electron chi connectivity index (χ1n) is 6.80. The Morgan fingerprint density at radius 3 is 2.95 bits per heavy atom. The molecule has 0 bridgehead atoms. The molecular weight excluding hydrogens is 273 g/mol. The SMILES string of the molecule is CC(=O)NC[C@H]1Cn2c(-c3ccc(F)cc3)cnc2CO1. The largest absolute Gasteiger partial charge is 0.367 e. The van der Waals surface area contributed by atoms with E-state index in [1.165, 1.54) is 19.1 Å². The average Bonchev–Trinajstić information content (AvgIpc) is 2.89. The maximum atomic E-state index is 13.0. The van der Waals surface area contributed by atoms with E-state index in [-0.39, 0.29) is 17.8 Å². The van der Waals surface area contributed by atoms with E-state index in [4.69, 9.17) is 4.74 Å². The van der Waals surface area contributed by atoms with Gasteiger partial charge in [-0.05, 0) is 29.8 Å². The number of hydrogen-bond acceptors (Lipinski definition) is 3. The second-order valence-corrected chi connectivity index (χ2v) is 5.05. The lowest BCUT2D eigenvalue weighted by atomic mass is 10.1. The molecule has 110 valence electrons. The third-order valence-corrected chi connectivity index (χ3v) is 3.49. The van der Waals surface area contributed by atoms with Crippen LogP contribution in [0, 0.1) is 5.82 Å². The molecule has 0 fully saturated rings. The molecule has 21 heavy (non-hydrogen) atoms. The minimum atomic E-state index is -0.260. The zero-order valence-corrected chi connectivity index (χ0v) is 11.7. The summed E-state index contributed by atoms with van der Waals surface area (Å²) in [6.45, 7) is 2.97. The Balaban J connectivity index is 1.82. The molecule has 1 aromatic heterocycles. The Hall–Kier alpha value is -2.21. The highest BCUT2D eigenvalue weighted by Crippen LogP contribution is 2.24. The van der Waals surface area contributed by atoms with E-state index >= 15 is 0 Å². The fourth-order valence-electron chi connectivity index (χ4n) is 2.41. The number of carbonyl (C=O) groups excluding carboxylic acids is 1. The van der Waals surface area contributed by atoms with Gasteiger partial charge < -0.3 is 14.6 Å². The number of nitrogens with zero attached hydrogens (tertiary/aromatic N) is 2. The normalized spacial score (nSPS) is 17.3. The van der Waals surface area contributed by atoms with E-state index in [9.17, 15) is 9.18 Å². The van der Waals surface area contributed by atoms with Crippen LogP contribution in [0.5, 0.6) is 0 Å². The first kappa shape index (κ1) is 13.8. The van der Waals surface area contributed by atoms with Crippen molar-refractivity contribution in [3.63, 3.8) is 0 Å². The lowest BCUT2D eigenvalue weighted by Gasteiger charge is -2.26. The van der Waals surface area contributed by atoms with Gasteiger partial charge in [0.2, 0.25) is 5.91 Å². The summed E-state index contributed by atoms with van der Waals surface area (Å²) in [7, 11) is 0. The minimum absolute atomic E-state index is 0.0752. The van der Waals surface area contributed by atoms with Crippen LogP contribution in [0.1, 0.15) is 12.7 Å². The predicted octanol–water partition coefficient (Wildman–Crippen LogP) is 1.72. The van der Waals surface area contributed by atoms with Crippen LogP contribution in [0.3, 0.4) is 0 Å². The summed E-state index contributed by atoms with van der Waals surface area (Å²) in [6, 6.07) is 6.34. The number of imidazole rings is 1. The molecule has 0 spiro atoms. The predicted molar refractivity (Wildman–Crippen MR) is 74.9 cm³/mol. The number of benzene rings is 1. The van der Waals surface area contributed by atoms with Gasteiger partial charge >= 0.3 is 0 Å². The first-order chi connectivity index (χ1) is 10.1. The summed E-state index contributed by atoms with van der Waals surface area (Å²) in [6.07, 6.45) is 1.68. The summed E-state index contributed by atoms with van der Waals surface area (Å²) in [5.74, 6) is 0.506. The van der Waals surface area contributed by atoms with Gasteiger partial charge in [0, 0.05) is 13.5 Å². The molecule has 1 aromatic carbocycles. The molecule has 1 atom stereocenters. The molecule has 5 nitrogen and oxygen atoms in total. The number of rotatable bonds is 3. The van der Waals surface area contributed by atoms with E-state index < -0.39 is 0 Å². The quantitative estimate of drug-likeness (QED) is 0.936. The summed E-state index contributed by atoms with van der Waals surface area (Å²) >= 11 is 0. The van der Waals surface area contributed by atoms with Gasteiger partial charge in [-0.1, -0.05) is 0 Å². The van der Waals surface area contributed by atoms with Crippen LogP contribution in [-0.4, -0.2) is 28.1 Å². The van der Waals surface area contributed by atoms with E-state index in [0.717, 1.165) is 17.1 Å². The lowest BCUT2D eigenvalue weighted by Crippen LogP contribution is -2.38. The van der Waals surface area contributed by atoms with Crippen molar-refractivity contribution < 1.29 is 13.9 Å². The van der Waals surface area contributed by atoms with E-state index in [1.807, 2.05) is 0 Å². The molecule has 2 heterocycles. The van der Waals surface area contributed by atoms with Gasteiger partial charge in [0.05, 0.1) is 24.5 Å². The minimum Gasteiger partial charge on any atom is -0.367 e. The Bertz CT molecular complexity index is 651. The monoisotopic (exact) mass is 289 g/mol. The second-order valence-electron chi connectivity index (χ2n) is 5.05. The summed E-state index contributed by atoms with van der Waals surface area (Å²) in [4.78, 5) is 15.3. The summed E-state index contributed by atoms with van der Waals surface area (Å²) < 4.78 is 20.7. The van der Waals surface area contributed by atoms with Crippen LogP contribution in [0.2, 0.25) is 0 Å². The van der Waals surface area contributed by atoms with Crippen molar-refractivity contribution in [2.45, 2.75) is 26.2 Å². The highest BCUT2D eigenvalue weighted by atomic mass is 19.1. The molecule has 0 aliphatic carbocycles. The fourth-order valence-corrected chi connectivity index (χ4v) is 2.41. The highest BCUT2D eigenvalue weighted by molar-refractivity contribution is 5.72. The maximum absolute atomic E-state index is 13.0. The van der Waals surface area contributed by atoms with Crippen molar-refractivity contribution in [1.82, 2.24) is 14.9 Å². The number of amides is 1. The Morgan fingerprint density at radius 2 is 2.24 bits per heavy atom. The highest BCUT2D eigenvalue weighted by Gasteiger charge is 2.22. The van der Waals surface area contributed by atoms with E-state index in [2.05, 4.69) is 14.9 Å². The lowest BCUT2D eigenvalue weighted by molar-refractivity contribution is -0.120. The number of carbonyl (C=O) groups is 1. The Morgan fingerprint density at radius 1 is 1.48 bits per heavy atom. The average molecular weight is 289 g/mol. The van der Waals surface area contributed by atoms with Crippen LogP contribution in [0.15, 0.2) is 30.5 Å². The summed E-state index contributed by atoms with van der Waals surface area (Å²) in [5, 5.41) is 2.76. The van der Waals surface area contributed by atoms with Gasteiger partial charge in [0.1, 0.15) is 18.2 Å². The topological polar surface area (TPSA) is 56.2 Å². The van der Waals surface area contributed by atoms with Crippen LogP contribution < -0.4 is 5.32 Å². The molecule has 1 amide bonds. The maximum Gasteiger partial charge on any atom is 0.216 e. The molecule has 2 aromatic rings. The summed E-state index contributed by atoms with van der Waals surface area (Å²) in [5.41, 5.74) is 1.84. The Labute approximate surface area is 121 Å². The van der Waals surface area contributed by atoms with E-state index in [0.29, 0.717) is 19.7 Å². The zero-order chi connectivity index (χ0) is 14.8. The Kier molecular flexibility index (Phi) is 3.70. The molecule has 0 saturated carbocycles. The first-order valence-corrected chi connectivity index (χ1v) is 6.80. The van der Waals surface area contributed by atoms with E-state index in [1.54, 1.807) is 18.3 Å². The third-order valence-electron chi connectivity index (χ3n) is 3.49. The molecule has 0 unspecified atom stereocenters. The van der Waals surface area contributed by atoms with Crippen molar-refractivity contribution >= 4 is 5.91 Å². The molecule has 1 aliphatic heterocycles.